The predicted octanol–water partition coefficient (Wildman–Crippen LogP) is 5.78. The molecule has 258 valence electrons. The molecule has 12 heteroatoms. The highest BCUT2D eigenvalue weighted by atomic mass is 19.1. The Labute approximate surface area is 289 Å². The molecule has 0 radical (unpaired) electrons. The number of fused-ring (bicyclic) bond motifs is 2. The normalized spacial score (nSPS) is 19.1. The number of likely N-dealkylation sites (tertiary alicyclic amines) is 1. The molecule has 2 amide bonds. The zero-order valence-corrected chi connectivity index (χ0v) is 28.1. The number of nitrogens with one attached hydrogen (secondary N) is 2. The SMILES string of the molecule is COC1=C(CN2CC(NC(=O)C3=Cc4cc(nnc4-c4ccnc(C)c4)CC3)CCCC2C(=O)Nc2ccc(OC)c(F)c2)C(F)=C=CC=C1. The van der Waals surface area contributed by atoms with Gasteiger partial charge >= 0.3 is 0 Å². The maximum absolute atomic E-state index is 15.4. The van der Waals surface area contributed by atoms with Crippen LogP contribution in [0.4, 0.5) is 14.5 Å². The van der Waals surface area contributed by atoms with E-state index in [4.69, 9.17) is 9.47 Å². The summed E-state index contributed by atoms with van der Waals surface area (Å²) in [6, 6.07) is 8.86. The molecule has 1 aromatic carbocycles. The number of aromatic nitrogens is 3. The molecular weight excluding hydrogens is 642 g/mol. The van der Waals surface area contributed by atoms with Crippen LogP contribution in [0, 0.1) is 12.7 Å². The zero-order valence-electron chi connectivity index (χ0n) is 28.1. The highest BCUT2D eigenvalue weighted by molar-refractivity contribution is 5.99. The van der Waals surface area contributed by atoms with E-state index in [1.54, 1.807) is 24.4 Å². The van der Waals surface area contributed by atoms with Crippen molar-refractivity contribution in [3.05, 3.63) is 112 Å². The van der Waals surface area contributed by atoms with Crippen LogP contribution in [0.5, 0.6) is 5.75 Å². The number of ether oxygens (including phenoxy) is 2. The Balaban J connectivity index is 1.26. The molecule has 3 aromatic rings. The average molecular weight is 681 g/mol. The summed E-state index contributed by atoms with van der Waals surface area (Å²) in [4.78, 5) is 33.8. The molecular formula is C38H38F2N6O4. The van der Waals surface area contributed by atoms with Gasteiger partial charge in [0.25, 0.3) is 0 Å². The zero-order chi connectivity index (χ0) is 35.2. The number of amides is 2. The monoisotopic (exact) mass is 680 g/mol. The highest BCUT2D eigenvalue weighted by Crippen LogP contribution is 2.30. The van der Waals surface area contributed by atoms with E-state index in [9.17, 15) is 14.0 Å². The Morgan fingerprint density at radius 3 is 2.70 bits per heavy atom. The van der Waals surface area contributed by atoms with Crippen molar-refractivity contribution in [2.75, 3.05) is 32.6 Å². The van der Waals surface area contributed by atoms with Crippen molar-refractivity contribution in [1.82, 2.24) is 25.4 Å². The van der Waals surface area contributed by atoms with E-state index in [1.165, 1.54) is 32.4 Å². The molecule has 3 aliphatic rings. The summed E-state index contributed by atoms with van der Waals surface area (Å²) >= 11 is 0. The third-order valence-corrected chi connectivity index (χ3v) is 9.00. The fourth-order valence-electron chi connectivity index (χ4n) is 6.47. The van der Waals surface area contributed by atoms with Gasteiger partial charge in [0.05, 0.1) is 31.5 Å². The molecule has 1 aliphatic heterocycles. The van der Waals surface area contributed by atoms with Gasteiger partial charge in [-0.25, -0.2) is 4.39 Å². The second-order valence-electron chi connectivity index (χ2n) is 12.4. The molecule has 2 atom stereocenters. The second-order valence-corrected chi connectivity index (χ2v) is 12.4. The van der Waals surface area contributed by atoms with E-state index in [-0.39, 0.29) is 48.0 Å². The van der Waals surface area contributed by atoms with Crippen LogP contribution in [0.3, 0.4) is 0 Å². The summed E-state index contributed by atoms with van der Waals surface area (Å²) < 4.78 is 40.4. The quantitative estimate of drug-likeness (QED) is 0.273. The van der Waals surface area contributed by atoms with Crippen molar-refractivity contribution < 1.29 is 27.8 Å². The first-order valence-corrected chi connectivity index (χ1v) is 16.5. The van der Waals surface area contributed by atoms with Crippen LogP contribution in [0.25, 0.3) is 17.3 Å². The summed E-state index contributed by atoms with van der Waals surface area (Å²) in [6.07, 6.45) is 10.9. The molecule has 6 rings (SSSR count). The molecule has 2 unspecified atom stereocenters. The number of benzene rings is 1. The topological polar surface area (TPSA) is 119 Å². The molecule has 0 spiro atoms. The van der Waals surface area contributed by atoms with Gasteiger partial charge in [-0.05, 0) is 87.6 Å². The molecule has 2 bridgehead atoms. The minimum absolute atomic E-state index is 0.00218. The molecule has 2 aromatic heterocycles. The van der Waals surface area contributed by atoms with Crippen LogP contribution in [-0.2, 0) is 20.7 Å². The Hall–Kier alpha value is -5.45. The van der Waals surface area contributed by atoms with Gasteiger partial charge in [0, 0.05) is 59.5 Å². The Morgan fingerprint density at radius 2 is 1.92 bits per heavy atom. The Bertz CT molecular complexity index is 1970. The van der Waals surface area contributed by atoms with E-state index in [0.29, 0.717) is 49.1 Å². The van der Waals surface area contributed by atoms with Crippen LogP contribution in [0.1, 0.15) is 42.6 Å². The van der Waals surface area contributed by atoms with Crippen LogP contribution < -0.4 is 15.4 Å². The van der Waals surface area contributed by atoms with E-state index >= 15 is 4.39 Å². The van der Waals surface area contributed by atoms with E-state index in [2.05, 4.69) is 31.5 Å². The van der Waals surface area contributed by atoms with Crippen molar-refractivity contribution in [2.45, 2.75) is 51.1 Å². The number of halogens is 2. The van der Waals surface area contributed by atoms with Gasteiger partial charge in [0.2, 0.25) is 11.8 Å². The highest BCUT2D eigenvalue weighted by Gasteiger charge is 2.34. The van der Waals surface area contributed by atoms with Gasteiger partial charge in [0.1, 0.15) is 11.5 Å². The molecule has 2 N–H and O–H groups in total. The Morgan fingerprint density at radius 1 is 1.06 bits per heavy atom. The van der Waals surface area contributed by atoms with Crippen molar-refractivity contribution in [2.24, 2.45) is 0 Å². The summed E-state index contributed by atoms with van der Waals surface area (Å²) in [6.45, 7) is 2.15. The minimum Gasteiger partial charge on any atom is -0.496 e. The third-order valence-electron chi connectivity index (χ3n) is 9.00. The number of carbonyl (C=O) groups excluding carboxylic acids is 2. The van der Waals surface area contributed by atoms with Crippen LogP contribution in [0.2, 0.25) is 0 Å². The number of rotatable bonds is 9. The predicted molar refractivity (Wildman–Crippen MR) is 185 cm³/mol. The molecule has 1 saturated heterocycles. The number of aryl methyl sites for hydroxylation is 2. The number of carbonyl (C=O) groups is 2. The van der Waals surface area contributed by atoms with Crippen LogP contribution >= 0.6 is 0 Å². The molecule has 50 heavy (non-hydrogen) atoms. The number of methoxy groups -OCH3 is 2. The smallest absolute Gasteiger partial charge is 0.247 e. The first-order chi connectivity index (χ1) is 24.2. The largest absolute Gasteiger partial charge is 0.496 e. The van der Waals surface area contributed by atoms with Gasteiger partial charge in [-0.1, -0.05) is 11.8 Å². The maximum atomic E-state index is 15.4. The standard InChI is InChI=1S/C38H38F2N6O4/c1-23-17-24(15-16-41-23)36-26-18-25(11-12-28(19-26)44-45-36)37(47)43-29-7-6-9-33(38(48)42-27-13-14-35(50-3)32(40)20-27)46(21-29)22-30-31(39)8-4-5-10-34(30)49-2/h4-5,10,13-20,29,33H,6-7,9,11-12,21-22H2,1-3H3,(H,42,48)(H,43,47). The summed E-state index contributed by atoms with van der Waals surface area (Å²) in [5.41, 5.74) is 7.65. The molecule has 2 aliphatic carbocycles. The minimum atomic E-state index is -0.723. The third kappa shape index (κ3) is 7.88. The summed E-state index contributed by atoms with van der Waals surface area (Å²) in [7, 11) is 2.82. The summed E-state index contributed by atoms with van der Waals surface area (Å²) in [5, 5.41) is 14.9. The van der Waals surface area contributed by atoms with Crippen molar-refractivity contribution in [3.8, 4) is 17.0 Å². The first-order valence-electron chi connectivity index (χ1n) is 16.5. The molecule has 3 heterocycles. The Kier molecular flexibility index (Phi) is 10.6. The van der Waals surface area contributed by atoms with Crippen LogP contribution in [0.15, 0.2) is 89.3 Å². The number of nitrogens with zero attached hydrogens (tertiary/aromatic N) is 4. The van der Waals surface area contributed by atoms with Gasteiger partial charge < -0.3 is 20.1 Å². The average Bonchev–Trinajstić information content (AvgIpc) is 3.49. The lowest BCUT2D eigenvalue weighted by molar-refractivity contribution is -0.121. The lowest BCUT2D eigenvalue weighted by Crippen LogP contribution is -2.50. The lowest BCUT2D eigenvalue weighted by Gasteiger charge is -2.32. The second kappa shape index (κ2) is 15.4. The van der Waals surface area contributed by atoms with E-state index in [1.807, 2.05) is 36.1 Å². The molecule has 10 nitrogen and oxygen atoms in total. The fraction of sp³-hybridized carbons (Fsp3) is 0.316. The van der Waals surface area contributed by atoms with E-state index < -0.39 is 17.7 Å². The number of pyridine rings is 1. The first kappa shape index (κ1) is 34.4. The number of hydrogen-bond donors (Lipinski definition) is 2. The maximum Gasteiger partial charge on any atom is 0.247 e. The van der Waals surface area contributed by atoms with Crippen molar-refractivity contribution in [3.63, 3.8) is 0 Å². The molecule has 1 fully saturated rings. The number of anilines is 1. The van der Waals surface area contributed by atoms with Gasteiger partial charge in [-0.2, -0.15) is 9.49 Å². The van der Waals surface area contributed by atoms with Gasteiger partial charge in [-0.3, -0.25) is 19.5 Å². The van der Waals surface area contributed by atoms with E-state index in [0.717, 1.165) is 22.5 Å². The molecule has 0 saturated carbocycles. The van der Waals surface area contributed by atoms with Gasteiger partial charge in [0.15, 0.2) is 17.4 Å². The summed E-state index contributed by atoms with van der Waals surface area (Å²) in [5.74, 6) is -1.47. The van der Waals surface area contributed by atoms with Crippen molar-refractivity contribution in [1.29, 1.82) is 0 Å². The van der Waals surface area contributed by atoms with Crippen molar-refractivity contribution >= 4 is 23.6 Å². The van der Waals surface area contributed by atoms with Gasteiger partial charge in [-0.15, -0.1) is 5.10 Å². The number of hydrogen-bond acceptors (Lipinski definition) is 8. The lowest BCUT2D eigenvalue weighted by atomic mass is 10.0. The number of allylic oxidation sites excluding steroid dienone is 2. The fourth-order valence-corrected chi connectivity index (χ4v) is 6.47. The van der Waals surface area contributed by atoms with Crippen LogP contribution in [-0.4, -0.2) is 71.3 Å².